The van der Waals surface area contributed by atoms with Gasteiger partial charge in [0.2, 0.25) is 0 Å². The second-order valence-corrected chi connectivity index (χ2v) is 4.39. The minimum absolute atomic E-state index is 0.0675. The highest BCUT2D eigenvalue weighted by Crippen LogP contribution is 2.13. The van der Waals surface area contributed by atoms with Gasteiger partial charge in [0.1, 0.15) is 11.5 Å². The third-order valence-electron chi connectivity index (χ3n) is 2.20. The average Bonchev–Trinajstić information content (AvgIpc) is 2.88. The molecular weight excluding hydrogens is 272 g/mol. The van der Waals surface area contributed by atoms with Crippen LogP contribution in [0.5, 0.6) is 0 Å². The molecule has 5 heteroatoms. The molecule has 84 valence electrons. The molecule has 0 radical (unpaired) electrons. The molecule has 2 aromatic rings. The van der Waals surface area contributed by atoms with E-state index in [0.29, 0.717) is 12.2 Å². The molecule has 0 aromatic carbocycles. The summed E-state index contributed by atoms with van der Waals surface area (Å²) in [4.78, 5) is 16.4. The molecule has 0 spiro atoms. The molecular formula is C11H11BrN2O2. The number of halogens is 1. The first-order chi connectivity index (χ1) is 7.66. The molecule has 2 heterocycles. The van der Waals surface area contributed by atoms with Gasteiger partial charge in [0.15, 0.2) is 0 Å². The standard InChI is InChI=1S/C11H11BrN2O2/c1-14(7-9-3-2-4-16-9)11(15)10-5-8(12)6-13-10/h2-6,13H,7H2,1H3. The fourth-order valence-corrected chi connectivity index (χ4v) is 1.75. The van der Waals surface area contributed by atoms with E-state index in [-0.39, 0.29) is 5.91 Å². The Morgan fingerprint density at radius 3 is 3.00 bits per heavy atom. The van der Waals surface area contributed by atoms with E-state index in [2.05, 4.69) is 20.9 Å². The van der Waals surface area contributed by atoms with E-state index < -0.39 is 0 Å². The van der Waals surface area contributed by atoms with Crippen LogP contribution in [0.15, 0.2) is 39.5 Å². The van der Waals surface area contributed by atoms with Gasteiger partial charge < -0.3 is 14.3 Å². The first kappa shape index (κ1) is 11.0. The summed E-state index contributed by atoms with van der Waals surface area (Å²) in [5.74, 6) is 0.698. The maximum Gasteiger partial charge on any atom is 0.270 e. The van der Waals surface area contributed by atoms with E-state index in [4.69, 9.17) is 4.42 Å². The van der Waals surface area contributed by atoms with Crippen molar-refractivity contribution in [2.24, 2.45) is 0 Å². The largest absolute Gasteiger partial charge is 0.467 e. The van der Waals surface area contributed by atoms with Gasteiger partial charge in [-0.15, -0.1) is 0 Å². The first-order valence-electron chi connectivity index (χ1n) is 4.78. The van der Waals surface area contributed by atoms with Crippen LogP contribution in [0.3, 0.4) is 0 Å². The highest BCUT2D eigenvalue weighted by atomic mass is 79.9. The zero-order valence-electron chi connectivity index (χ0n) is 8.74. The van der Waals surface area contributed by atoms with Crippen LogP contribution in [-0.4, -0.2) is 22.8 Å². The van der Waals surface area contributed by atoms with Gasteiger partial charge in [0.05, 0.1) is 12.8 Å². The number of H-pyrrole nitrogens is 1. The number of furan rings is 1. The Morgan fingerprint density at radius 2 is 2.44 bits per heavy atom. The van der Waals surface area contributed by atoms with E-state index in [1.54, 1.807) is 36.5 Å². The molecule has 2 rings (SSSR count). The van der Waals surface area contributed by atoms with Crippen LogP contribution in [0.2, 0.25) is 0 Å². The third kappa shape index (κ3) is 2.36. The van der Waals surface area contributed by atoms with Crippen molar-refractivity contribution in [2.45, 2.75) is 6.54 Å². The lowest BCUT2D eigenvalue weighted by molar-refractivity contribution is 0.0770. The number of carbonyl (C=O) groups excluding carboxylic acids is 1. The number of aromatic nitrogens is 1. The lowest BCUT2D eigenvalue weighted by Gasteiger charge is -2.14. The smallest absolute Gasteiger partial charge is 0.270 e. The molecule has 1 N–H and O–H groups in total. The number of carbonyl (C=O) groups is 1. The summed E-state index contributed by atoms with van der Waals surface area (Å²) in [7, 11) is 1.74. The molecule has 4 nitrogen and oxygen atoms in total. The maximum absolute atomic E-state index is 11.9. The van der Waals surface area contributed by atoms with Gasteiger partial charge in [-0.3, -0.25) is 4.79 Å². The average molecular weight is 283 g/mol. The summed E-state index contributed by atoms with van der Waals surface area (Å²) in [5, 5.41) is 0. The number of nitrogens with one attached hydrogen (secondary N) is 1. The topological polar surface area (TPSA) is 49.2 Å². The number of nitrogens with zero attached hydrogens (tertiary/aromatic N) is 1. The summed E-state index contributed by atoms with van der Waals surface area (Å²) < 4.78 is 6.05. The number of aromatic amines is 1. The first-order valence-corrected chi connectivity index (χ1v) is 5.58. The minimum atomic E-state index is -0.0675. The molecule has 0 unspecified atom stereocenters. The predicted octanol–water partition coefficient (Wildman–Crippen LogP) is 2.64. The molecule has 0 saturated heterocycles. The predicted molar refractivity (Wildman–Crippen MR) is 63.0 cm³/mol. The van der Waals surface area contributed by atoms with E-state index in [1.165, 1.54) is 0 Å². The molecule has 0 aliphatic heterocycles. The fourth-order valence-electron chi connectivity index (χ4n) is 1.41. The van der Waals surface area contributed by atoms with Gasteiger partial charge in [-0.1, -0.05) is 0 Å². The monoisotopic (exact) mass is 282 g/mol. The van der Waals surface area contributed by atoms with Crippen LogP contribution in [-0.2, 0) is 6.54 Å². The highest BCUT2D eigenvalue weighted by Gasteiger charge is 2.14. The van der Waals surface area contributed by atoms with Crippen LogP contribution in [0.25, 0.3) is 0 Å². The number of amides is 1. The quantitative estimate of drug-likeness (QED) is 0.941. The van der Waals surface area contributed by atoms with Gasteiger partial charge in [-0.25, -0.2) is 0 Å². The lowest BCUT2D eigenvalue weighted by Crippen LogP contribution is -2.26. The van der Waals surface area contributed by atoms with Crippen molar-refractivity contribution >= 4 is 21.8 Å². The summed E-state index contributed by atoms with van der Waals surface area (Å²) in [6.07, 6.45) is 3.33. The molecule has 16 heavy (non-hydrogen) atoms. The van der Waals surface area contributed by atoms with Crippen LogP contribution >= 0.6 is 15.9 Å². The lowest BCUT2D eigenvalue weighted by atomic mass is 10.3. The van der Waals surface area contributed by atoms with Gasteiger partial charge in [0, 0.05) is 17.7 Å². The van der Waals surface area contributed by atoms with E-state index in [9.17, 15) is 4.79 Å². The highest BCUT2D eigenvalue weighted by molar-refractivity contribution is 9.10. The van der Waals surface area contributed by atoms with Crippen molar-refractivity contribution in [1.82, 2.24) is 9.88 Å². The Balaban J connectivity index is 2.05. The summed E-state index contributed by atoms with van der Waals surface area (Å²) in [6.45, 7) is 0.461. The Morgan fingerprint density at radius 1 is 1.62 bits per heavy atom. The van der Waals surface area contributed by atoms with E-state index >= 15 is 0 Å². The number of rotatable bonds is 3. The summed E-state index contributed by atoms with van der Waals surface area (Å²) in [5.41, 5.74) is 0.556. The Labute approximate surface area is 101 Å². The van der Waals surface area contributed by atoms with Crippen LogP contribution < -0.4 is 0 Å². The van der Waals surface area contributed by atoms with E-state index in [0.717, 1.165) is 10.2 Å². The maximum atomic E-state index is 11.9. The Bertz CT molecular complexity index is 476. The molecule has 0 aliphatic carbocycles. The van der Waals surface area contributed by atoms with Crippen LogP contribution in [0, 0.1) is 0 Å². The summed E-state index contributed by atoms with van der Waals surface area (Å²) in [6, 6.07) is 5.40. The van der Waals surface area contributed by atoms with Crippen molar-refractivity contribution in [2.75, 3.05) is 7.05 Å². The minimum Gasteiger partial charge on any atom is -0.467 e. The fraction of sp³-hybridized carbons (Fsp3) is 0.182. The molecule has 2 aromatic heterocycles. The number of hydrogen-bond acceptors (Lipinski definition) is 2. The zero-order valence-corrected chi connectivity index (χ0v) is 10.3. The molecule has 0 saturated carbocycles. The van der Waals surface area contributed by atoms with Gasteiger partial charge in [-0.2, -0.15) is 0 Å². The summed E-state index contributed by atoms with van der Waals surface area (Å²) >= 11 is 3.29. The zero-order chi connectivity index (χ0) is 11.5. The molecule has 0 atom stereocenters. The second kappa shape index (κ2) is 4.57. The molecule has 0 aliphatic rings. The Hall–Kier alpha value is -1.49. The van der Waals surface area contributed by atoms with Crippen LogP contribution in [0.4, 0.5) is 0 Å². The van der Waals surface area contributed by atoms with Crippen molar-refractivity contribution < 1.29 is 9.21 Å². The van der Waals surface area contributed by atoms with E-state index in [1.807, 2.05) is 6.07 Å². The van der Waals surface area contributed by atoms with Gasteiger partial charge in [-0.05, 0) is 34.1 Å². The van der Waals surface area contributed by atoms with Gasteiger partial charge in [0.25, 0.3) is 5.91 Å². The van der Waals surface area contributed by atoms with Gasteiger partial charge >= 0.3 is 0 Å². The second-order valence-electron chi connectivity index (χ2n) is 3.47. The van der Waals surface area contributed by atoms with Crippen molar-refractivity contribution in [3.63, 3.8) is 0 Å². The number of hydrogen-bond donors (Lipinski definition) is 1. The van der Waals surface area contributed by atoms with Crippen molar-refractivity contribution in [3.05, 3.63) is 46.6 Å². The van der Waals surface area contributed by atoms with Crippen molar-refractivity contribution in [1.29, 1.82) is 0 Å². The van der Waals surface area contributed by atoms with Crippen molar-refractivity contribution in [3.8, 4) is 0 Å². The third-order valence-corrected chi connectivity index (χ3v) is 2.66. The normalized spacial score (nSPS) is 10.4. The SMILES string of the molecule is CN(Cc1ccco1)C(=O)c1cc(Br)c[nH]1. The Kier molecular flexibility index (Phi) is 3.14. The molecule has 0 fully saturated rings. The molecule has 1 amide bonds. The molecule has 0 bridgehead atoms. The van der Waals surface area contributed by atoms with Crippen LogP contribution in [0.1, 0.15) is 16.2 Å².